The average molecular weight is 239 g/mol. The molecule has 2 atom stereocenters. The fourth-order valence-corrected chi connectivity index (χ4v) is 5.53. The van der Waals surface area contributed by atoms with Crippen molar-refractivity contribution in [3.05, 3.63) is 30.3 Å². The molecule has 1 aromatic rings. The molecule has 0 aliphatic carbocycles. The van der Waals surface area contributed by atoms with Crippen LogP contribution >= 0.6 is 7.14 Å². The van der Waals surface area contributed by atoms with E-state index in [9.17, 15) is 4.57 Å². The summed E-state index contributed by atoms with van der Waals surface area (Å²) in [4.78, 5) is 0. The maximum atomic E-state index is 13.1. The molecule has 3 heteroatoms. The smallest absolute Gasteiger partial charge is 0.145 e. The van der Waals surface area contributed by atoms with Crippen LogP contribution in [-0.4, -0.2) is 17.6 Å². The fraction of sp³-hybridized carbons (Fsp3) is 0.538. The van der Waals surface area contributed by atoms with Gasteiger partial charge in [0.2, 0.25) is 0 Å². The maximum absolute atomic E-state index is 13.1. The molecule has 1 saturated heterocycles. The van der Waals surface area contributed by atoms with Crippen molar-refractivity contribution in [3.63, 3.8) is 0 Å². The highest BCUT2D eigenvalue weighted by Gasteiger charge is 2.46. The van der Waals surface area contributed by atoms with E-state index < -0.39 is 12.5 Å². The SMILES string of the molecule is C[C@@H]1CC[P@](=[17O])(c2ccccc2)C(C)(C)O1. The number of benzene rings is 1. The predicted molar refractivity (Wildman–Crippen MR) is 67.8 cm³/mol. The van der Waals surface area contributed by atoms with Crippen molar-refractivity contribution in [2.24, 2.45) is 0 Å². The third-order valence-electron chi connectivity index (χ3n) is 3.38. The highest BCUT2D eigenvalue weighted by Crippen LogP contribution is 2.60. The van der Waals surface area contributed by atoms with Gasteiger partial charge in [-0.25, -0.2) is 0 Å². The maximum Gasteiger partial charge on any atom is 0.145 e. The van der Waals surface area contributed by atoms with E-state index in [2.05, 4.69) is 6.92 Å². The molecule has 1 aliphatic rings. The van der Waals surface area contributed by atoms with E-state index in [1.54, 1.807) is 0 Å². The first-order valence-corrected chi connectivity index (χ1v) is 7.67. The third kappa shape index (κ3) is 1.85. The molecule has 1 heterocycles. The lowest BCUT2D eigenvalue weighted by Gasteiger charge is -2.41. The molecule has 16 heavy (non-hydrogen) atoms. The zero-order valence-corrected chi connectivity index (χ0v) is 11.0. The molecule has 0 spiro atoms. The summed E-state index contributed by atoms with van der Waals surface area (Å²) >= 11 is 0. The summed E-state index contributed by atoms with van der Waals surface area (Å²) in [5, 5.41) is 0.415. The Kier molecular flexibility index (Phi) is 2.98. The van der Waals surface area contributed by atoms with Crippen LogP contribution in [0.3, 0.4) is 0 Å². The van der Waals surface area contributed by atoms with Gasteiger partial charge in [-0.2, -0.15) is 0 Å². The number of rotatable bonds is 1. The molecule has 0 saturated carbocycles. The normalized spacial score (nSPS) is 33.6. The summed E-state index contributed by atoms with van der Waals surface area (Å²) in [7, 11) is -2.43. The second-order valence-electron chi connectivity index (χ2n) is 4.96. The zero-order valence-electron chi connectivity index (χ0n) is 10.1. The van der Waals surface area contributed by atoms with Crippen molar-refractivity contribution in [2.75, 3.05) is 6.16 Å². The van der Waals surface area contributed by atoms with E-state index in [-0.39, 0.29) is 6.10 Å². The topological polar surface area (TPSA) is 26.3 Å². The molecular weight excluding hydrogens is 220 g/mol. The first-order valence-electron chi connectivity index (χ1n) is 5.78. The molecule has 0 N–H and O–H groups in total. The lowest BCUT2D eigenvalue weighted by atomic mass is 10.3. The molecule has 2 nitrogen and oxygen atoms in total. The van der Waals surface area contributed by atoms with E-state index in [1.165, 1.54) is 0 Å². The second-order valence-corrected chi connectivity index (χ2v) is 8.48. The highest BCUT2D eigenvalue weighted by molar-refractivity contribution is 7.72. The van der Waals surface area contributed by atoms with Gasteiger partial charge in [-0.15, -0.1) is 0 Å². The van der Waals surface area contributed by atoms with Gasteiger partial charge in [0.05, 0.1) is 6.10 Å². The first-order chi connectivity index (χ1) is 7.46. The summed E-state index contributed by atoms with van der Waals surface area (Å²) in [5.41, 5.74) is 0. The monoisotopic (exact) mass is 239 g/mol. The molecule has 0 radical (unpaired) electrons. The van der Waals surface area contributed by atoms with Crippen LogP contribution in [0.25, 0.3) is 0 Å². The van der Waals surface area contributed by atoms with Gasteiger partial charge in [-0.05, 0) is 27.2 Å². The van der Waals surface area contributed by atoms with Crippen LogP contribution in [0.15, 0.2) is 30.3 Å². The molecule has 0 bridgehead atoms. The van der Waals surface area contributed by atoms with E-state index in [0.717, 1.165) is 17.9 Å². The molecule has 0 aromatic heterocycles. The largest absolute Gasteiger partial charge is 0.365 e. The predicted octanol–water partition coefficient (Wildman–Crippen LogP) is 3.22. The summed E-state index contributed by atoms with van der Waals surface area (Å²) in [6.45, 7) is 5.96. The van der Waals surface area contributed by atoms with Crippen molar-refractivity contribution in [3.8, 4) is 0 Å². The van der Waals surface area contributed by atoms with Crippen molar-refractivity contribution in [1.29, 1.82) is 0 Å². The Morgan fingerprint density at radius 2 is 1.94 bits per heavy atom. The van der Waals surface area contributed by atoms with Crippen LogP contribution in [0.4, 0.5) is 0 Å². The third-order valence-corrected chi connectivity index (χ3v) is 7.25. The number of hydrogen-bond acceptors (Lipinski definition) is 2. The molecule has 0 amide bonds. The average Bonchev–Trinajstić information content (AvgIpc) is 2.25. The summed E-state index contributed by atoms with van der Waals surface area (Å²) in [6, 6.07) is 9.77. The summed E-state index contributed by atoms with van der Waals surface area (Å²) < 4.78 is 19.0. The Bertz CT molecular complexity index is 411. The Balaban J connectivity index is 2.42. The van der Waals surface area contributed by atoms with Gasteiger partial charge in [0.1, 0.15) is 12.5 Å². The van der Waals surface area contributed by atoms with Gasteiger partial charge < -0.3 is 9.30 Å². The molecule has 1 aromatic carbocycles. The molecule has 0 unspecified atom stereocenters. The Morgan fingerprint density at radius 1 is 1.31 bits per heavy atom. The van der Waals surface area contributed by atoms with Crippen LogP contribution < -0.4 is 5.30 Å². The van der Waals surface area contributed by atoms with Crippen LogP contribution in [0.1, 0.15) is 27.2 Å². The van der Waals surface area contributed by atoms with Gasteiger partial charge in [-0.3, -0.25) is 0 Å². The van der Waals surface area contributed by atoms with Gasteiger partial charge in [-0.1, -0.05) is 30.3 Å². The van der Waals surface area contributed by atoms with Gasteiger partial charge >= 0.3 is 0 Å². The standard InChI is InChI=1S/C13H19O2P/c1-11-9-10-16(14,13(2,3)15-11)12-7-5-4-6-8-12/h4-8,11H,9-10H2,1-3H3/t11-,16+/m1/s1/i14+1. The quantitative estimate of drug-likeness (QED) is 0.703. The van der Waals surface area contributed by atoms with Crippen molar-refractivity contribution in [2.45, 2.75) is 38.6 Å². The Labute approximate surface area is 97.4 Å². The van der Waals surface area contributed by atoms with Crippen molar-refractivity contribution < 1.29 is 9.30 Å². The van der Waals surface area contributed by atoms with Gasteiger partial charge in [0.15, 0.2) is 0 Å². The van der Waals surface area contributed by atoms with Crippen LogP contribution in [0.5, 0.6) is 0 Å². The van der Waals surface area contributed by atoms with Crippen LogP contribution in [-0.2, 0) is 9.30 Å². The molecule has 1 fully saturated rings. The van der Waals surface area contributed by atoms with Gasteiger partial charge in [0, 0.05) is 11.5 Å². The Morgan fingerprint density at radius 3 is 2.50 bits per heavy atom. The minimum absolute atomic E-state index is 0.209. The number of hydrogen-bond donors (Lipinski definition) is 0. The first kappa shape index (κ1) is 11.9. The molecule has 88 valence electrons. The highest BCUT2D eigenvalue weighted by atomic mass is 31.2. The van der Waals surface area contributed by atoms with Crippen molar-refractivity contribution in [1.82, 2.24) is 0 Å². The molecule has 2 rings (SSSR count). The minimum atomic E-state index is -2.43. The molecular formula is C13H19O2P. The van der Waals surface area contributed by atoms with Gasteiger partial charge in [0.25, 0.3) is 0 Å². The summed E-state index contributed by atoms with van der Waals surface area (Å²) in [6.07, 6.45) is 1.85. The Hall–Kier alpha value is -0.590. The molecule has 1 aliphatic heterocycles. The van der Waals surface area contributed by atoms with E-state index in [0.29, 0.717) is 0 Å². The van der Waals surface area contributed by atoms with E-state index in [1.807, 2.05) is 44.2 Å². The van der Waals surface area contributed by atoms with E-state index >= 15 is 0 Å². The zero-order chi connectivity index (χ0) is 11.8. The number of ether oxygens (including phenoxy) is 1. The lowest BCUT2D eigenvalue weighted by Crippen LogP contribution is -2.39. The fourth-order valence-electron chi connectivity index (χ4n) is 2.38. The van der Waals surface area contributed by atoms with E-state index in [4.69, 9.17) is 4.74 Å². The summed E-state index contributed by atoms with van der Waals surface area (Å²) in [5.74, 6) is 0. The van der Waals surface area contributed by atoms with Crippen LogP contribution in [0.2, 0.25) is 0 Å². The van der Waals surface area contributed by atoms with Crippen LogP contribution in [0, 0.1) is 0 Å². The second kappa shape index (κ2) is 4.01. The minimum Gasteiger partial charge on any atom is -0.365 e. The van der Waals surface area contributed by atoms with Crippen molar-refractivity contribution >= 4 is 12.4 Å². The lowest BCUT2D eigenvalue weighted by molar-refractivity contribution is -0.0219.